The van der Waals surface area contributed by atoms with Crippen molar-refractivity contribution in [3.8, 4) is 0 Å². The highest BCUT2D eigenvalue weighted by molar-refractivity contribution is 7.28. The van der Waals surface area contributed by atoms with Crippen molar-refractivity contribution in [2.75, 3.05) is 7.11 Å². The van der Waals surface area contributed by atoms with Crippen molar-refractivity contribution in [1.29, 1.82) is 0 Å². The second-order valence-corrected chi connectivity index (χ2v) is 11.5. The number of ether oxygens (including phenoxy) is 1. The smallest absolute Gasteiger partial charge is 0.464 e. The molecular weight excluding hydrogens is 433 g/mol. The van der Waals surface area contributed by atoms with E-state index >= 15 is 0 Å². The Labute approximate surface area is 204 Å². The lowest BCUT2D eigenvalue weighted by molar-refractivity contribution is 0.00578. The van der Waals surface area contributed by atoms with Gasteiger partial charge in [0.15, 0.2) is 0 Å². The number of methoxy groups -OCH3 is 1. The molecule has 0 aliphatic carbocycles. The maximum atomic E-state index is 12.4. The number of rotatable bonds is 13. The lowest BCUT2D eigenvalue weighted by atomic mass is 9.88. The predicted molar refractivity (Wildman–Crippen MR) is 139 cm³/mol. The lowest BCUT2D eigenvalue weighted by Gasteiger charge is -2.32. The molecular formula is C26H42BNO4S. The molecule has 1 aliphatic heterocycles. The molecule has 0 atom stereocenters. The summed E-state index contributed by atoms with van der Waals surface area (Å²) in [5, 5.41) is 0. The van der Waals surface area contributed by atoms with E-state index in [1.54, 1.807) is 11.3 Å². The SMILES string of the molecule is CCCCCCCCCCCCn1c(C(=O)OC)cc2sc(B3OC(C)(C)C(C)(C)O3)cc21. The maximum Gasteiger partial charge on any atom is 0.505 e. The molecule has 2 aromatic heterocycles. The van der Waals surface area contributed by atoms with Crippen molar-refractivity contribution < 1.29 is 18.8 Å². The highest BCUT2D eigenvalue weighted by atomic mass is 32.1. The zero-order chi connectivity index (χ0) is 24.1. The third-order valence-corrected chi connectivity index (χ3v) is 8.32. The van der Waals surface area contributed by atoms with Crippen LogP contribution in [0.15, 0.2) is 12.1 Å². The van der Waals surface area contributed by atoms with Crippen molar-refractivity contribution in [3.63, 3.8) is 0 Å². The average Bonchev–Trinajstić information content (AvgIpc) is 3.38. The van der Waals surface area contributed by atoms with Crippen LogP contribution in [0, 0.1) is 0 Å². The van der Waals surface area contributed by atoms with Crippen LogP contribution in [-0.4, -0.2) is 36.0 Å². The lowest BCUT2D eigenvalue weighted by Crippen LogP contribution is -2.41. The van der Waals surface area contributed by atoms with E-state index in [-0.39, 0.29) is 24.3 Å². The summed E-state index contributed by atoms with van der Waals surface area (Å²) < 4.78 is 21.8. The second kappa shape index (κ2) is 11.4. The van der Waals surface area contributed by atoms with Gasteiger partial charge >= 0.3 is 13.1 Å². The van der Waals surface area contributed by atoms with Gasteiger partial charge in [-0.15, -0.1) is 11.3 Å². The Morgan fingerprint density at radius 1 is 0.939 bits per heavy atom. The summed E-state index contributed by atoms with van der Waals surface area (Å²) in [5.74, 6) is -0.275. The molecule has 0 saturated carbocycles. The van der Waals surface area contributed by atoms with Gasteiger partial charge in [0.2, 0.25) is 0 Å². The number of aromatic nitrogens is 1. The van der Waals surface area contributed by atoms with Gasteiger partial charge in [-0.3, -0.25) is 0 Å². The molecule has 1 fully saturated rings. The predicted octanol–water partition coefficient (Wildman–Crippen LogP) is 6.71. The number of esters is 1. The van der Waals surface area contributed by atoms with E-state index < -0.39 is 0 Å². The van der Waals surface area contributed by atoms with Gasteiger partial charge in [-0.25, -0.2) is 4.79 Å². The van der Waals surface area contributed by atoms with Gasteiger partial charge in [-0.2, -0.15) is 0 Å². The summed E-state index contributed by atoms with van der Waals surface area (Å²) in [6.07, 6.45) is 12.9. The Hall–Kier alpha value is -1.31. The number of hydrogen-bond donors (Lipinski definition) is 0. The van der Waals surface area contributed by atoms with Gasteiger partial charge in [0.05, 0.1) is 28.5 Å². The van der Waals surface area contributed by atoms with Crippen LogP contribution in [0.5, 0.6) is 0 Å². The van der Waals surface area contributed by atoms with Crippen LogP contribution in [0.1, 0.15) is 109 Å². The molecule has 184 valence electrons. The van der Waals surface area contributed by atoms with Gasteiger partial charge < -0.3 is 18.6 Å². The first-order valence-electron chi connectivity index (χ1n) is 12.8. The van der Waals surface area contributed by atoms with Crippen LogP contribution in [0.25, 0.3) is 10.2 Å². The fraction of sp³-hybridized carbons (Fsp3) is 0.731. The standard InChI is InChI=1S/C26H42BNO4S/c1-7-8-9-10-11-12-13-14-15-16-17-28-20-19-23(27-31-25(2,3)26(4,5)32-27)33-22(20)18-21(28)24(29)30-6/h18-19H,7-17H2,1-6H3. The minimum Gasteiger partial charge on any atom is -0.464 e. The van der Waals surface area contributed by atoms with Crippen molar-refractivity contribution in [2.24, 2.45) is 0 Å². The van der Waals surface area contributed by atoms with Crippen LogP contribution in [0.2, 0.25) is 0 Å². The molecule has 0 amide bonds. The molecule has 0 N–H and O–H groups in total. The van der Waals surface area contributed by atoms with Crippen molar-refractivity contribution in [1.82, 2.24) is 4.57 Å². The Morgan fingerprint density at radius 3 is 2.03 bits per heavy atom. The van der Waals surface area contributed by atoms with E-state index in [0.29, 0.717) is 5.69 Å². The summed E-state index contributed by atoms with van der Waals surface area (Å²) in [5.41, 5.74) is 0.972. The first-order valence-corrected chi connectivity index (χ1v) is 13.6. The van der Waals surface area contributed by atoms with Crippen molar-refractivity contribution in [2.45, 2.75) is 117 Å². The molecule has 0 aromatic carbocycles. The minimum absolute atomic E-state index is 0.275. The van der Waals surface area contributed by atoms with Crippen LogP contribution < -0.4 is 4.78 Å². The monoisotopic (exact) mass is 475 g/mol. The number of nitrogens with zero attached hydrogens (tertiary/aromatic N) is 1. The number of aryl methyl sites for hydroxylation is 1. The molecule has 7 heteroatoms. The zero-order valence-corrected chi connectivity index (χ0v) is 22.3. The number of thiophene rings is 1. The van der Waals surface area contributed by atoms with E-state index in [1.807, 2.05) is 6.07 Å². The molecule has 3 rings (SSSR count). The van der Waals surface area contributed by atoms with E-state index in [4.69, 9.17) is 14.0 Å². The largest absolute Gasteiger partial charge is 0.505 e. The van der Waals surface area contributed by atoms with Crippen molar-refractivity contribution in [3.05, 3.63) is 17.8 Å². The van der Waals surface area contributed by atoms with Gasteiger partial charge in [0, 0.05) is 11.3 Å². The summed E-state index contributed by atoms with van der Waals surface area (Å²) in [6, 6.07) is 4.09. The molecule has 1 aliphatic rings. The Balaban J connectivity index is 1.61. The average molecular weight is 476 g/mol. The van der Waals surface area contributed by atoms with Gasteiger partial charge in [0.25, 0.3) is 0 Å². The third kappa shape index (κ3) is 6.23. The number of unbranched alkanes of at least 4 members (excludes halogenated alkanes) is 9. The first kappa shape index (κ1) is 26.3. The number of hydrogen-bond acceptors (Lipinski definition) is 5. The first-order chi connectivity index (χ1) is 15.7. The fourth-order valence-electron chi connectivity index (χ4n) is 4.41. The molecule has 5 nitrogen and oxygen atoms in total. The van der Waals surface area contributed by atoms with Crippen LogP contribution in [0.3, 0.4) is 0 Å². The molecule has 0 spiro atoms. The molecule has 1 saturated heterocycles. The van der Waals surface area contributed by atoms with E-state index in [0.717, 1.165) is 28.0 Å². The quantitative estimate of drug-likeness (QED) is 0.184. The van der Waals surface area contributed by atoms with E-state index in [2.05, 4.69) is 45.3 Å². The second-order valence-electron chi connectivity index (χ2n) is 10.3. The molecule has 33 heavy (non-hydrogen) atoms. The Kier molecular flexibility index (Phi) is 9.10. The molecule has 0 radical (unpaired) electrons. The fourth-order valence-corrected chi connectivity index (χ4v) is 5.47. The van der Waals surface area contributed by atoms with Gasteiger partial charge in [0.1, 0.15) is 5.69 Å². The molecule has 0 unspecified atom stereocenters. The van der Waals surface area contributed by atoms with Crippen LogP contribution >= 0.6 is 11.3 Å². The topological polar surface area (TPSA) is 49.7 Å². The van der Waals surface area contributed by atoms with Crippen LogP contribution in [0.4, 0.5) is 0 Å². The summed E-state index contributed by atoms with van der Waals surface area (Å²) in [4.78, 5) is 12.4. The minimum atomic E-state index is -0.375. The Morgan fingerprint density at radius 2 is 1.48 bits per heavy atom. The van der Waals surface area contributed by atoms with E-state index in [9.17, 15) is 4.79 Å². The van der Waals surface area contributed by atoms with Crippen molar-refractivity contribution >= 4 is 39.4 Å². The highest BCUT2D eigenvalue weighted by Gasteiger charge is 2.52. The van der Waals surface area contributed by atoms with Gasteiger partial charge in [-0.1, -0.05) is 64.7 Å². The normalized spacial score (nSPS) is 17.2. The van der Waals surface area contributed by atoms with Crippen LogP contribution in [-0.2, 0) is 20.6 Å². The Bertz CT molecular complexity index is 901. The molecule has 3 heterocycles. The summed E-state index contributed by atoms with van der Waals surface area (Å²) in [7, 11) is 1.07. The molecule has 0 bridgehead atoms. The third-order valence-electron chi connectivity index (χ3n) is 7.22. The maximum absolute atomic E-state index is 12.4. The highest BCUT2D eigenvalue weighted by Crippen LogP contribution is 2.38. The number of carbonyl (C=O) groups excluding carboxylic acids is 1. The molecule has 2 aromatic rings. The van der Waals surface area contributed by atoms with E-state index in [1.165, 1.54) is 64.9 Å². The zero-order valence-electron chi connectivity index (χ0n) is 21.5. The number of fused-ring (bicyclic) bond motifs is 1. The van der Waals surface area contributed by atoms with Gasteiger partial charge in [-0.05, 0) is 46.2 Å². The summed E-state index contributed by atoms with van der Waals surface area (Å²) in [6.45, 7) is 11.4. The summed E-state index contributed by atoms with van der Waals surface area (Å²) >= 11 is 1.64. The number of carbonyl (C=O) groups is 1.